The maximum atomic E-state index is 11.9. The van der Waals surface area contributed by atoms with Crippen LogP contribution in [0.5, 0.6) is 5.88 Å². The van der Waals surface area contributed by atoms with E-state index in [1.807, 2.05) is 20.8 Å². The van der Waals surface area contributed by atoms with Gasteiger partial charge in [-0.1, -0.05) is 0 Å². The lowest BCUT2D eigenvalue weighted by Crippen LogP contribution is -2.35. The molecule has 2 rings (SSSR count). The first-order valence-corrected chi connectivity index (χ1v) is 7.87. The minimum atomic E-state index is -0.533. The molecule has 0 atom stereocenters. The Labute approximate surface area is 132 Å². The van der Waals surface area contributed by atoms with Crippen LogP contribution in [0.3, 0.4) is 0 Å². The zero-order chi connectivity index (χ0) is 16.3. The lowest BCUT2D eigenvalue weighted by Gasteiger charge is -2.32. The van der Waals surface area contributed by atoms with Crippen LogP contribution in [0.4, 0.5) is 4.79 Å². The summed E-state index contributed by atoms with van der Waals surface area (Å²) < 4.78 is 12.3. The predicted molar refractivity (Wildman–Crippen MR) is 84.2 cm³/mol. The van der Waals surface area contributed by atoms with Gasteiger partial charge in [0.2, 0.25) is 5.88 Å². The van der Waals surface area contributed by atoms with E-state index in [1.54, 1.807) is 12.3 Å². The molecule has 22 heavy (non-hydrogen) atoms. The largest absolute Gasteiger partial charge is 0.473 e. The smallest absolute Gasteiger partial charge is 0.435 e. The molecule has 1 aromatic heterocycles. The fraction of sp³-hybridized carbons (Fsp3) is 0.750. The van der Waals surface area contributed by atoms with Crippen molar-refractivity contribution in [2.75, 3.05) is 14.1 Å². The molecule has 0 unspecified atom stereocenters. The molecular weight excluding hydrogens is 282 g/mol. The number of hydrogen-bond donors (Lipinski definition) is 0. The van der Waals surface area contributed by atoms with Crippen LogP contribution in [0.2, 0.25) is 0 Å². The Kier molecular flexibility index (Phi) is 5.11. The Morgan fingerprint density at radius 2 is 1.91 bits per heavy atom. The Bertz CT molecular complexity index is 497. The van der Waals surface area contributed by atoms with Crippen LogP contribution >= 0.6 is 0 Å². The van der Waals surface area contributed by atoms with E-state index in [2.05, 4.69) is 24.1 Å². The molecule has 6 nitrogen and oxygen atoms in total. The predicted octanol–water partition coefficient (Wildman–Crippen LogP) is 2.92. The first kappa shape index (κ1) is 16.8. The monoisotopic (exact) mass is 309 g/mol. The summed E-state index contributed by atoms with van der Waals surface area (Å²) in [5.74, 6) is 0.485. The zero-order valence-corrected chi connectivity index (χ0v) is 14.2. The molecule has 0 radical (unpaired) electrons. The van der Waals surface area contributed by atoms with Gasteiger partial charge in [0.15, 0.2) is 0 Å². The average molecular weight is 309 g/mol. The van der Waals surface area contributed by atoms with Gasteiger partial charge in [-0.3, -0.25) is 0 Å². The van der Waals surface area contributed by atoms with Crippen LogP contribution in [0.15, 0.2) is 12.3 Å². The molecule has 124 valence electrons. The molecule has 1 aliphatic carbocycles. The van der Waals surface area contributed by atoms with E-state index in [4.69, 9.17) is 9.47 Å². The topological polar surface area (TPSA) is 56.6 Å². The summed E-state index contributed by atoms with van der Waals surface area (Å²) in [5, 5.41) is 4.15. The molecule has 1 fully saturated rings. The van der Waals surface area contributed by atoms with Crippen molar-refractivity contribution in [3.8, 4) is 5.88 Å². The van der Waals surface area contributed by atoms with Crippen molar-refractivity contribution in [2.24, 2.45) is 0 Å². The Morgan fingerprint density at radius 3 is 2.45 bits per heavy atom. The number of aromatic nitrogens is 2. The van der Waals surface area contributed by atoms with Gasteiger partial charge < -0.3 is 14.4 Å². The maximum Gasteiger partial charge on any atom is 0.435 e. The van der Waals surface area contributed by atoms with E-state index in [1.165, 1.54) is 4.68 Å². The summed E-state index contributed by atoms with van der Waals surface area (Å²) in [6, 6.07) is 2.35. The lowest BCUT2D eigenvalue weighted by molar-refractivity contribution is 0.0506. The summed E-state index contributed by atoms with van der Waals surface area (Å²) in [5.41, 5.74) is -0.533. The number of carbonyl (C=O) groups is 1. The first-order valence-electron chi connectivity index (χ1n) is 7.87. The number of hydrogen-bond acceptors (Lipinski definition) is 5. The van der Waals surface area contributed by atoms with E-state index in [-0.39, 0.29) is 6.10 Å². The second kappa shape index (κ2) is 6.69. The first-order chi connectivity index (χ1) is 10.2. The van der Waals surface area contributed by atoms with E-state index >= 15 is 0 Å². The second-order valence-corrected chi connectivity index (χ2v) is 7.09. The minimum Gasteiger partial charge on any atom is -0.473 e. The standard InChI is InChI=1S/C16H27N3O3/c1-16(2,3)22-15(20)19-11-10-14(17-19)21-13-8-6-12(7-9-13)18(4)5/h10-13H,6-9H2,1-5H3/t12-,13-. The maximum absolute atomic E-state index is 11.9. The van der Waals surface area contributed by atoms with Gasteiger partial charge >= 0.3 is 6.09 Å². The van der Waals surface area contributed by atoms with Crippen molar-refractivity contribution in [3.05, 3.63) is 12.3 Å². The van der Waals surface area contributed by atoms with E-state index in [0.29, 0.717) is 11.9 Å². The van der Waals surface area contributed by atoms with E-state index < -0.39 is 11.7 Å². The SMILES string of the molecule is CN(C)[C@H]1CC[C@H](Oc2ccn(C(=O)OC(C)(C)C)n2)CC1. The molecule has 6 heteroatoms. The minimum absolute atomic E-state index is 0.179. The van der Waals surface area contributed by atoms with Gasteiger partial charge in [-0.05, 0) is 60.5 Å². The summed E-state index contributed by atoms with van der Waals surface area (Å²) in [7, 11) is 4.24. The molecular formula is C16H27N3O3. The summed E-state index contributed by atoms with van der Waals surface area (Å²) >= 11 is 0. The van der Waals surface area contributed by atoms with E-state index in [0.717, 1.165) is 25.7 Å². The van der Waals surface area contributed by atoms with Crippen LogP contribution in [0.1, 0.15) is 46.5 Å². The van der Waals surface area contributed by atoms with E-state index in [9.17, 15) is 4.79 Å². The van der Waals surface area contributed by atoms with Crippen molar-refractivity contribution < 1.29 is 14.3 Å². The van der Waals surface area contributed by atoms with Crippen LogP contribution < -0.4 is 4.74 Å². The van der Waals surface area contributed by atoms with Crippen molar-refractivity contribution in [3.63, 3.8) is 0 Å². The molecule has 1 heterocycles. The summed E-state index contributed by atoms with van der Waals surface area (Å²) in [6.45, 7) is 5.49. The molecule has 1 saturated carbocycles. The van der Waals surface area contributed by atoms with Gasteiger partial charge in [-0.15, -0.1) is 5.10 Å². The fourth-order valence-electron chi connectivity index (χ4n) is 2.63. The van der Waals surface area contributed by atoms with Gasteiger partial charge in [0.25, 0.3) is 0 Å². The quantitative estimate of drug-likeness (QED) is 0.859. The molecule has 1 aliphatic rings. The van der Waals surface area contributed by atoms with Crippen molar-refractivity contribution >= 4 is 6.09 Å². The summed E-state index contributed by atoms with van der Waals surface area (Å²) in [6.07, 6.45) is 5.56. The third-order valence-corrected chi connectivity index (χ3v) is 3.81. The Balaban J connectivity index is 1.86. The van der Waals surface area contributed by atoms with Crippen molar-refractivity contribution in [1.29, 1.82) is 0 Å². The lowest BCUT2D eigenvalue weighted by atomic mass is 9.92. The molecule has 0 bridgehead atoms. The average Bonchev–Trinajstić information content (AvgIpc) is 2.86. The van der Waals surface area contributed by atoms with Gasteiger partial charge in [-0.2, -0.15) is 4.68 Å². The molecule has 1 aromatic rings. The highest BCUT2D eigenvalue weighted by Crippen LogP contribution is 2.25. The molecule has 0 saturated heterocycles. The molecule has 0 amide bonds. The van der Waals surface area contributed by atoms with Crippen LogP contribution in [-0.4, -0.2) is 52.6 Å². The second-order valence-electron chi connectivity index (χ2n) is 7.09. The van der Waals surface area contributed by atoms with Gasteiger partial charge in [-0.25, -0.2) is 4.79 Å². The highest BCUT2D eigenvalue weighted by Gasteiger charge is 2.24. The highest BCUT2D eigenvalue weighted by atomic mass is 16.6. The number of carbonyl (C=O) groups excluding carboxylic acids is 1. The molecule has 0 aromatic carbocycles. The third kappa shape index (κ3) is 4.73. The Morgan fingerprint density at radius 1 is 1.27 bits per heavy atom. The normalized spacial score (nSPS) is 22.6. The summed E-state index contributed by atoms with van der Waals surface area (Å²) in [4.78, 5) is 14.2. The molecule has 0 spiro atoms. The van der Waals surface area contributed by atoms with Gasteiger partial charge in [0.05, 0.1) is 0 Å². The third-order valence-electron chi connectivity index (χ3n) is 3.81. The molecule has 0 aliphatic heterocycles. The fourth-order valence-corrected chi connectivity index (χ4v) is 2.63. The van der Waals surface area contributed by atoms with Crippen molar-refractivity contribution in [2.45, 2.75) is 64.2 Å². The highest BCUT2D eigenvalue weighted by molar-refractivity contribution is 5.69. The van der Waals surface area contributed by atoms with Crippen molar-refractivity contribution in [1.82, 2.24) is 14.7 Å². The zero-order valence-electron chi connectivity index (χ0n) is 14.2. The Hall–Kier alpha value is -1.56. The van der Waals surface area contributed by atoms with Crippen LogP contribution in [-0.2, 0) is 4.74 Å². The van der Waals surface area contributed by atoms with Crippen LogP contribution in [0, 0.1) is 0 Å². The van der Waals surface area contributed by atoms with Gasteiger partial charge in [0.1, 0.15) is 11.7 Å². The van der Waals surface area contributed by atoms with Crippen LogP contribution in [0.25, 0.3) is 0 Å². The molecule has 0 N–H and O–H groups in total. The number of ether oxygens (including phenoxy) is 2. The van der Waals surface area contributed by atoms with Gasteiger partial charge in [0, 0.05) is 18.3 Å². The number of rotatable bonds is 3. The number of nitrogens with zero attached hydrogens (tertiary/aromatic N) is 3.